The number of carbonyl (C=O) groups is 1. The van der Waals surface area contributed by atoms with E-state index in [0.717, 1.165) is 36.1 Å². The molecule has 0 bridgehead atoms. The first-order valence-electron chi connectivity index (χ1n) is 10.3. The second-order valence-electron chi connectivity index (χ2n) is 9.31. The van der Waals surface area contributed by atoms with Gasteiger partial charge in [-0.3, -0.25) is 13.9 Å². The molecule has 0 N–H and O–H groups in total. The predicted octanol–water partition coefficient (Wildman–Crippen LogP) is 4.09. The number of nitrogens with zero attached hydrogens (tertiary/aromatic N) is 5. The van der Waals surface area contributed by atoms with Crippen LogP contribution < -0.4 is 5.69 Å². The van der Waals surface area contributed by atoms with Crippen LogP contribution in [0.1, 0.15) is 62.6 Å². The molecule has 158 valence electrons. The first-order valence-corrected chi connectivity index (χ1v) is 11.1. The van der Waals surface area contributed by atoms with Gasteiger partial charge in [0.15, 0.2) is 11.4 Å². The van der Waals surface area contributed by atoms with Crippen molar-refractivity contribution in [3.8, 4) is 0 Å². The lowest BCUT2D eigenvalue weighted by atomic mass is 9.85. The highest BCUT2D eigenvalue weighted by Gasteiger charge is 2.22. The molecule has 8 heteroatoms. The van der Waals surface area contributed by atoms with E-state index in [1.54, 1.807) is 17.0 Å². The third kappa shape index (κ3) is 4.14. The maximum atomic E-state index is 12.7. The van der Waals surface area contributed by atoms with Crippen molar-refractivity contribution in [1.82, 2.24) is 23.7 Å². The second-order valence-corrected chi connectivity index (χ2v) is 9.92. The van der Waals surface area contributed by atoms with Crippen molar-refractivity contribution >= 4 is 34.1 Å². The maximum Gasteiger partial charge on any atom is 0.330 e. The monoisotopic (exact) mass is 425 g/mol. The number of hydrogen-bond donors (Lipinski definition) is 0. The highest BCUT2D eigenvalue weighted by molar-refractivity contribution is 7.03. The van der Waals surface area contributed by atoms with Crippen LogP contribution in [0.5, 0.6) is 0 Å². The van der Waals surface area contributed by atoms with E-state index < -0.39 is 0 Å². The number of ketones is 1. The van der Waals surface area contributed by atoms with Gasteiger partial charge in [-0.05, 0) is 59.8 Å². The molecule has 0 saturated carbocycles. The Balaban J connectivity index is 1.54. The van der Waals surface area contributed by atoms with E-state index in [0.29, 0.717) is 24.6 Å². The van der Waals surface area contributed by atoms with Gasteiger partial charge in [-0.25, -0.2) is 9.78 Å². The van der Waals surface area contributed by atoms with Gasteiger partial charge in [0.2, 0.25) is 0 Å². The minimum Gasteiger partial charge on any atom is -0.292 e. The van der Waals surface area contributed by atoms with Crippen LogP contribution in [0.3, 0.4) is 0 Å². The number of imidazole rings is 1. The topological polar surface area (TPSA) is 82.7 Å². The number of aryl methyl sites for hydroxylation is 1. The molecule has 1 atom stereocenters. The zero-order valence-electron chi connectivity index (χ0n) is 17.9. The van der Waals surface area contributed by atoms with E-state index >= 15 is 0 Å². The number of carbonyl (C=O) groups excluding carboxylic acids is 1. The van der Waals surface area contributed by atoms with Crippen LogP contribution in [0.4, 0.5) is 0 Å². The van der Waals surface area contributed by atoms with Crippen molar-refractivity contribution in [1.29, 1.82) is 0 Å². The number of allylic oxidation sites excluding steroid dienone is 2. The van der Waals surface area contributed by atoms with Gasteiger partial charge in [-0.2, -0.15) is 0 Å². The minimum absolute atomic E-state index is 0.00370. The van der Waals surface area contributed by atoms with Crippen LogP contribution in [0.25, 0.3) is 16.7 Å². The lowest BCUT2D eigenvalue weighted by Gasteiger charge is -2.21. The molecule has 30 heavy (non-hydrogen) atoms. The SMILES string of the molecule is Cn1c(=O)n(CC(C)(C)C)c2ccc(C3=CCC(CC(=O)c4csnn4)CC3)nc21. The third-order valence-electron chi connectivity index (χ3n) is 5.58. The molecule has 1 aliphatic carbocycles. The lowest BCUT2D eigenvalue weighted by Crippen LogP contribution is -2.27. The first kappa shape index (κ1) is 20.7. The summed E-state index contributed by atoms with van der Waals surface area (Å²) >= 11 is 1.21. The summed E-state index contributed by atoms with van der Waals surface area (Å²) in [6.45, 7) is 7.02. The lowest BCUT2D eigenvalue weighted by molar-refractivity contribution is 0.0954. The van der Waals surface area contributed by atoms with Gasteiger partial charge >= 0.3 is 5.69 Å². The number of pyridine rings is 1. The number of hydrogen-bond acceptors (Lipinski definition) is 6. The molecule has 0 saturated heterocycles. The Labute approximate surface area is 179 Å². The van der Waals surface area contributed by atoms with Crippen molar-refractivity contribution in [3.63, 3.8) is 0 Å². The van der Waals surface area contributed by atoms with Gasteiger partial charge in [0.25, 0.3) is 0 Å². The normalized spacial score (nSPS) is 17.3. The van der Waals surface area contributed by atoms with E-state index in [2.05, 4.69) is 36.4 Å². The Kier molecular flexibility index (Phi) is 5.44. The largest absolute Gasteiger partial charge is 0.330 e. The highest BCUT2D eigenvalue weighted by Crippen LogP contribution is 2.32. The van der Waals surface area contributed by atoms with E-state index in [1.807, 2.05) is 16.7 Å². The molecular formula is C22H27N5O2S. The summed E-state index contributed by atoms with van der Waals surface area (Å²) in [6.07, 6.45) is 5.37. The molecule has 1 aliphatic rings. The van der Waals surface area contributed by atoms with Crippen LogP contribution in [-0.4, -0.2) is 29.5 Å². The molecule has 0 amide bonds. The van der Waals surface area contributed by atoms with Gasteiger partial charge in [0.1, 0.15) is 5.69 Å². The highest BCUT2D eigenvalue weighted by atomic mass is 32.1. The molecule has 3 heterocycles. The average Bonchev–Trinajstić information content (AvgIpc) is 3.32. The summed E-state index contributed by atoms with van der Waals surface area (Å²) < 4.78 is 7.22. The fourth-order valence-electron chi connectivity index (χ4n) is 4.04. The average molecular weight is 426 g/mol. The van der Waals surface area contributed by atoms with Crippen LogP contribution in [0.2, 0.25) is 0 Å². The van der Waals surface area contributed by atoms with Gasteiger partial charge in [-0.1, -0.05) is 31.3 Å². The first-order chi connectivity index (χ1) is 14.2. The Bertz CT molecular complexity index is 1160. The van der Waals surface area contributed by atoms with Crippen LogP contribution in [0.15, 0.2) is 28.4 Å². The van der Waals surface area contributed by atoms with Crippen LogP contribution in [0, 0.1) is 11.3 Å². The number of aromatic nitrogens is 5. The molecule has 1 unspecified atom stereocenters. The van der Waals surface area contributed by atoms with Crippen molar-refractivity contribution in [2.45, 2.75) is 53.0 Å². The smallest absolute Gasteiger partial charge is 0.292 e. The van der Waals surface area contributed by atoms with E-state index in [-0.39, 0.29) is 16.9 Å². The number of fused-ring (bicyclic) bond motifs is 1. The summed E-state index contributed by atoms with van der Waals surface area (Å²) in [6, 6.07) is 4.02. The molecule has 0 radical (unpaired) electrons. The zero-order valence-corrected chi connectivity index (χ0v) is 18.7. The Hall–Kier alpha value is -2.61. The quantitative estimate of drug-likeness (QED) is 0.575. The number of rotatable bonds is 5. The molecule has 0 fully saturated rings. The fourth-order valence-corrected chi connectivity index (χ4v) is 4.50. The van der Waals surface area contributed by atoms with Crippen molar-refractivity contribution in [2.24, 2.45) is 18.4 Å². The summed E-state index contributed by atoms with van der Waals surface area (Å²) in [5.41, 5.74) is 4.14. The number of Topliss-reactive ketones (excluding diaryl/α,β-unsaturated/α-hetero) is 1. The molecule has 0 aliphatic heterocycles. The van der Waals surface area contributed by atoms with Crippen molar-refractivity contribution in [3.05, 3.63) is 45.5 Å². The molecule has 4 rings (SSSR count). The third-order valence-corrected chi connectivity index (χ3v) is 6.09. The van der Waals surface area contributed by atoms with Gasteiger partial charge < -0.3 is 0 Å². The van der Waals surface area contributed by atoms with Crippen molar-refractivity contribution in [2.75, 3.05) is 0 Å². The maximum absolute atomic E-state index is 12.7. The van der Waals surface area contributed by atoms with Crippen LogP contribution in [-0.2, 0) is 13.6 Å². The predicted molar refractivity (Wildman–Crippen MR) is 119 cm³/mol. The fraction of sp³-hybridized carbons (Fsp3) is 0.500. The molecule has 0 aromatic carbocycles. The summed E-state index contributed by atoms with van der Waals surface area (Å²) in [7, 11) is 1.78. The van der Waals surface area contributed by atoms with Crippen LogP contribution >= 0.6 is 11.5 Å². The molecule has 3 aromatic rings. The molecule has 3 aromatic heterocycles. The van der Waals surface area contributed by atoms with Crippen molar-refractivity contribution < 1.29 is 4.79 Å². The summed E-state index contributed by atoms with van der Waals surface area (Å²) in [5, 5.41) is 5.59. The van der Waals surface area contributed by atoms with Gasteiger partial charge in [0.05, 0.1) is 11.2 Å². The Morgan fingerprint density at radius 3 is 2.73 bits per heavy atom. The Morgan fingerprint density at radius 1 is 1.30 bits per heavy atom. The van der Waals surface area contributed by atoms with Gasteiger partial charge in [-0.15, -0.1) is 5.10 Å². The summed E-state index contributed by atoms with van der Waals surface area (Å²) in [5.74, 6) is 0.393. The van der Waals surface area contributed by atoms with E-state index in [1.165, 1.54) is 17.1 Å². The van der Waals surface area contributed by atoms with E-state index in [4.69, 9.17) is 4.98 Å². The molecule has 7 nitrogen and oxygen atoms in total. The minimum atomic E-state index is -0.0303. The second kappa shape index (κ2) is 7.91. The molecular weight excluding hydrogens is 398 g/mol. The van der Waals surface area contributed by atoms with E-state index in [9.17, 15) is 9.59 Å². The standard InChI is InChI=1S/C22H27N5O2S/c1-22(2,3)13-27-18-10-9-16(23-20(18)26(4)21(27)29)15-7-5-14(6-8-15)11-19(28)17-12-30-25-24-17/h7,9-10,12,14H,5-6,8,11,13H2,1-4H3. The van der Waals surface area contributed by atoms with Gasteiger partial charge in [0, 0.05) is 25.4 Å². The Morgan fingerprint density at radius 2 is 2.10 bits per heavy atom. The summed E-state index contributed by atoms with van der Waals surface area (Å²) in [4.78, 5) is 29.8. The molecule has 0 spiro atoms. The zero-order chi connectivity index (χ0) is 21.5.